The van der Waals surface area contributed by atoms with Gasteiger partial charge in [-0.3, -0.25) is 14.3 Å². The fourth-order valence-electron chi connectivity index (χ4n) is 8.90. The highest BCUT2D eigenvalue weighted by atomic mass is 28.4. The largest absolute Gasteiger partial charge is 0.432 e. The quantitative estimate of drug-likeness (QED) is 0.104. The van der Waals surface area contributed by atoms with E-state index in [9.17, 15) is 14.7 Å². The molecule has 282 valence electrons. The van der Waals surface area contributed by atoms with Crippen molar-refractivity contribution in [2.24, 2.45) is 5.92 Å². The number of aliphatic hydroxyl groups excluding tert-OH is 1. The van der Waals surface area contributed by atoms with Crippen molar-refractivity contribution in [2.75, 3.05) is 16.8 Å². The van der Waals surface area contributed by atoms with E-state index in [1.807, 2.05) is 136 Å². The molecule has 2 aliphatic heterocycles. The second kappa shape index (κ2) is 14.7. The molecule has 0 radical (unpaired) electrons. The number of hydrogen-bond donors (Lipinski definition) is 4. The number of aromatic amines is 1. The second-order valence-corrected chi connectivity index (χ2v) is 19.4. The van der Waals surface area contributed by atoms with E-state index in [2.05, 4.69) is 20.6 Å². The zero-order chi connectivity index (χ0) is 38.3. The summed E-state index contributed by atoms with van der Waals surface area (Å²) < 4.78 is 8.84. The molecule has 8 rings (SSSR count). The summed E-state index contributed by atoms with van der Waals surface area (Å²) in [5.41, 5.74) is 4.77. The first kappa shape index (κ1) is 36.6. The number of carbonyl (C=O) groups is 2. The number of ether oxygens (including phenoxy) is 1. The molecule has 4 heterocycles. The van der Waals surface area contributed by atoms with E-state index >= 15 is 4.79 Å². The second-order valence-electron chi connectivity index (χ2n) is 15.4. The van der Waals surface area contributed by atoms with Gasteiger partial charge in [0, 0.05) is 52.6 Å². The smallest absolute Gasteiger partial charge is 0.264 e. The lowest BCUT2D eigenvalue weighted by Gasteiger charge is -2.32. The van der Waals surface area contributed by atoms with E-state index in [0.29, 0.717) is 36.5 Å². The number of fused-ring (bicyclic) bond motifs is 3. The van der Waals surface area contributed by atoms with E-state index < -0.39 is 20.0 Å². The minimum atomic E-state index is -2.94. The molecule has 4 aromatic carbocycles. The van der Waals surface area contributed by atoms with Crippen molar-refractivity contribution in [1.29, 1.82) is 0 Å². The number of benzene rings is 4. The van der Waals surface area contributed by atoms with E-state index in [-0.39, 0.29) is 42.2 Å². The Balaban J connectivity index is 1.10. The molecule has 1 unspecified atom stereocenters. The number of anilines is 2. The summed E-state index contributed by atoms with van der Waals surface area (Å²) in [6, 6.07) is 33.1. The summed E-state index contributed by atoms with van der Waals surface area (Å²) in [5, 5.41) is 23.1. The van der Waals surface area contributed by atoms with Gasteiger partial charge in [0.15, 0.2) is 13.9 Å². The third kappa shape index (κ3) is 6.80. The highest BCUT2D eigenvalue weighted by Crippen LogP contribution is 2.60. The molecule has 1 spiro atoms. The van der Waals surface area contributed by atoms with E-state index in [1.54, 1.807) is 9.58 Å². The summed E-state index contributed by atoms with van der Waals surface area (Å²) in [4.78, 5) is 45.4. The first-order chi connectivity index (χ1) is 26.6. The Hall–Kier alpha value is -5.40. The Morgan fingerprint density at radius 1 is 1.02 bits per heavy atom. The van der Waals surface area contributed by atoms with Crippen molar-refractivity contribution in [3.8, 4) is 0 Å². The molecule has 0 aliphatic carbocycles. The monoisotopic (exact) mass is 754 g/mol. The van der Waals surface area contributed by atoms with E-state index in [1.165, 1.54) is 0 Å². The number of nitrogens with one attached hydrogen (secondary N) is 2. The van der Waals surface area contributed by atoms with Crippen LogP contribution in [0.25, 0.3) is 10.9 Å². The first-order valence-electron chi connectivity index (χ1n) is 18.9. The summed E-state index contributed by atoms with van der Waals surface area (Å²) in [5.74, 6) is -1.04. The fraction of sp³-hybridized carbons (Fsp3) is 0.302. The SMILES string of the molecule is C[C@@H]1[C@@H]([Si](C)(C)O)[C@H](CCn2cc(C(CO)c3ccccc3)nn2)O[C@@]12C(=O)N(Cc1ccccc1)c1ccc(NC(=O)Cc3c[nH]c4ccccc34)cc12. The molecule has 2 amide bonds. The number of aryl methyl sites for hydroxylation is 1. The average Bonchev–Trinajstić information content (AvgIpc) is 3.94. The normalized spacial score (nSPS) is 21.4. The number of para-hydroxylation sites is 1. The molecule has 0 saturated carbocycles. The molecule has 2 aliphatic rings. The number of H-pyrrole nitrogens is 1. The van der Waals surface area contributed by atoms with Crippen molar-refractivity contribution in [3.63, 3.8) is 0 Å². The van der Waals surface area contributed by atoms with Crippen molar-refractivity contribution in [1.82, 2.24) is 20.0 Å². The number of amides is 2. The summed E-state index contributed by atoms with van der Waals surface area (Å²) in [6.07, 6.45) is 3.91. The van der Waals surface area contributed by atoms with E-state index in [4.69, 9.17) is 4.74 Å². The molecule has 4 N–H and O–H groups in total. The lowest BCUT2D eigenvalue weighted by Crippen LogP contribution is -2.46. The predicted octanol–water partition coefficient (Wildman–Crippen LogP) is 6.50. The molecule has 11 nitrogen and oxygen atoms in total. The van der Waals surface area contributed by atoms with Crippen LogP contribution in [0.2, 0.25) is 18.6 Å². The highest BCUT2D eigenvalue weighted by molar-refractivity contribution is 6.71. The van der Waals surface area contributed by atoms with Crippen molar-refractivity contribution >= 4 is 42.4 Å². The van der Waals surface area contributed by atoms with Crippen LogP contribution in [0.3, 0.4) is 0 Å². The van der Waals surface area contributed by atoms with Crippen LogP contribution in [0.15, 0.2) is 116 Å². The Morgan fingerprint density at radius 2 is 1.75 bits per heavy atom. The van der Waals surface area contributed by atoms with Gasteiger partial charge in [0.1, 0.15) is 0 Å². The Labute approximate surface area is 321 Å². The Kier molecular flexibility index (Phi) is 9.76. The van der Waals surface area contributed by atoms with Gasteiger partial charge in [0.25, 0.3) is 5.91 Å². The number of aromatic nitrogens is 4. The highest BCUT2D eigenvalue weighted by Gasteiger charge is 2.66. The van der Waals surface area contributed by atoms with Gasteiger partial charge in [-0.1, -0.05) is 91.0 Å². The van der Waals surface area contributed by atoms with Crippen LogP contribution in [-0.2, 0) is 39.4 Å². The fourth-order valence-corrected chi connectivity index (χ4v) is 11.5. The summed E-state index contributed by atoms with van der Waals surface area (Å²) in [7, 11) is -2.94. The van der Waals surface area contributed by atoms with Gasteiger partial charge in [0.05, 0.1) is 43.0 Å². The van der Waals surface area contributed by atoms with Crippen molar-refractivity contribution < 1.29 is 24.2 Å². The number of carbonyl (C=O) groups excluding carboxylic acids is 2. The molecule has 12 heteroatoms. The maximum absolute atomic E-state index is 15.0. The van der Waals surface area contributed by atoms with Crippen LogP contribution < -0.4 is 10.2 Å². The zero-order valence-electron chi connectivity index (χ0n) is 31.2. The van der Waals surface area contributed by atoms with Crippen LogP contribution in [0.4, 0.5) is 11.4 Å². The number of nitrogens with zero attached hydrogens (tertiary/aromatic N) is 4. The van der Waals surface area contributed by atoms with Crippen LogP contribution in [-0.4, -0.2) is 62.7 Å². The van der Waals surface area contributed by atoms with Gasteiger partial charge < -0.3 is 29.8 Å². The molecule has 5 atom stereocenters. The minimum Gasteiger partial charge on any atom is -0.432 e. The Morgan fingerprint density at radius 3 is 2.49 bits per heavy atom. The van der Waals surface area contributed by atoms with Crippen LogP contribution >= 0.6 is 0 Å². The first-order valence-corrected chi connectivity index (χ1v) is 21.9. The molecular formula is C43H46N6O5Si. The zero-order valence-corrected chi connectivity index (χ0v) is 32.2. The molecule has 1 fully saturated rings. The third-order valence-electron chi connectivity index (χ3n) is 11.4. The molecule has 1 saturated heterocycles. The number of rotatable bonds is 12. The average molecular weight is 755 g/mol. The lowest BCUT2D eigenvalue weighted by molar-refractivity contribution is -0.146. The molecule has 0 bridgehead atoms. The van der Waals surface area contributed by atoms with Crippen molar-refractivity contribution in [3.05, 3.63) is 143 Å². The van der Waals surface area contributed by atoms with Crippen molar-refractivity contribution in [2.45, 2.75) is 69.1 Å². The number of aliphatic hydroxyl groups is 1. The predicted molar refractivity (Wildman–Crippen MR) is 214 cm³/mol. The Bertz CT molecular complexity index is 2320. The maximum atomic E-state index is 15.0. The molecule has 2 aromatic heterocycles. The molecule has 6 aromatic rings. The van der Waals surface area contributed by atoms with Crippen LogP contribution in [0, 0.1) is 5.92 Å². The maximum Gasteiger partial charge on any atom is 0.264 e. The standard InChI is InChI=1S/C43H46N6O5Si/c1-28-41(55(2,3)53)39(20-21-48-26-37(46-47-48)34(27-50)30-14-8-5-9-15-30)54-43(28)35-23-32(45-40(51)22-31-24-44-36-17-11-10-16-33(31)36)18-19-38(35)49(42(43)52)25-29-12-6-4-7-13-29/h4-19,23-24,26,28,34,39,41,44,50,53H,20-22,25,27H2,1-3H3,(H,45,51)/t28-,34?,39+,41-,43+/m1/s1. The van der Waals surface area contributed by atoms with Gasteiger partial charge in [0.2, 0.25) is 5.91 Å². The third-order valence-corrected chi connectivity index (χ3v) is 13.9. The number of hydrogen-bond acceptors (Lipinski definition) is 7. The van der Waals surface area contributed by atoms with Gasteiger partial charge >= 0.3 is 0 Å². The van der Waals surface area contributed by atoms with Gasteiger partial charge in [-0.05, 0) is 60.5 Å². The van der Waals surface area contributed by atoms with Crippen LogP contribution in [0.5, 0.6) is 0 Å². The van der Waals surface area contributed by atoms with Gasteiger partial charge in [-0.15, -0.1) is 5.10 Å². The van der Waals surface area contributed by atoms with Gasteiger partial charge in [-0.25, -0.2) is 0 Å². The van der Waals surface area contributed by atoms with Gasteiger partial charge in [-0.2, -0.15) is 0 Å². The summed E-state index contributed by atoms with van der Waals surface area (Å²) in [6.45, 7) is 6.52. The summed E-state index contributed by atoms with van der Waals surface area (Å²) >= 11 is 0. The molecule has 55 heavy (non-hydrogen) atoms. The minimum absolute atomic E-state index is 0.104. The molecular weight excluding hydrogens is 709 g/mol. The lowest BCUT2D eigenvalue weighted by atomic mass is 9.82. The van der Waals surface area contributed by atoms with E-state index in [0.717, 1.165) is 33.3 Å². The topological polar surface area (TPSA) is 146 Å². The van der Waals surface area contributed by atoms with Crippen LogP contribution in [0.1, 0.15) is 47.2 Å².